The molecule has 0 fully saturated rings. The maximum absolute atomic E-state index is 12.6. The van der Waals surface area contributed by atoms with Gasteiger partial charge >= 0.3 is 0 Å². The zero-order chi connectivity index (χ0) is 14.7. The highest BCUT2D eigenvalue weighted by Crippen LogP contribution is 2.13. The molecule has 3 aromatic rings. The van der Waals surface area contributed by atoms with Crippen LogP contribution in [-0.2, 0) is 6.54 Å². The molecule has 0 aliphatic heterocycles. The van der Waals surface area contributed by atoms with Crippen LogP contribution in [0.15, 0.2) is 48.9 Å². The molecule has 0 bridgehead atoms. The number of rotatable bonds is 4. The van der Waals surface area contributed by atoms with Crippen molar-refractivity contribution in [3.63, 3.8) is 0 Å². The summed E-state index contributed by atoms with van der Waals surface area (Å²) in [6.45, 7) is 3.22. The van der Waals surface area contributed by atoms with Gasteiger partial charge < -0.3 is 9.88 Å². The van der Waals surface area contributed by atoms with Gasteiger partial charge in [0.25, 0.3) is 5.91 Å². The fourth-order valence-electron chi connectivity index (χ4n) is 2.26. The summed E-state index contributed by atoms with van der Waals surface area (Å²) < 4.78 is 0. The van der Waals surface area contributed by atoms with Crippen LogP contribution in [0.1, 0.15) is 22.8 Å². The van der Waals surface area contributed by atoms with Gasteiger partial charge in [0.2, 0.25) is 0 Å². The van der Waals surface area contributed by atoms with Crippen LogP contribution in [0.2, 0.25) is 0 Å². The van der Waals surface area contributed by atoms with Crippen molar-refractivity contribution in [2.24, 2.45) is 0 Å². The van der Waals surface area contributed by atoms with Crippen molar-refractivity contribution in [3.05, 3.63) is 60.0 Å². The third-order valence-electron chi connectivity index (χ3n) is 3.41. The van der Waals surface area contributed by atoms with E-state index >= 15 is 0 Å². The van der Waals surface area contributed by atoms with Crippen molar-refractivity contribution in [3.8, 4) is 0 Å². The molecule has 1 amide bonds. The van der Waals surface area contributed by atoms with E-state index in [1.807, 2.05) is 37.3 Å². The third kappa shape index (κ3) is 2.76. The lowest BCUT2D eigenvalue weighted by molar-refractivity contribution is 0.0752. The number of nitrogens with one attached hydrogen (secondary N) is 1. The monoisotopic (exact) mass is 280 g/mol. The predicted molar refractivity (Wildman–Crippen MR) is 80.7 cm³/mol. The first-order valence-corrected chi connectivity index (χ1v) is 6.90. The van der Waals surface area contributed by atoms with E-state index in [1.165, 1.54) is 0 Å². The minimum Gasteiger partial charge on any atom is -0.343 e. The number of aromatic nitrogens is 3. The van der Waals surface area contributed by atoms with Crippen LogP contribution >= 0.6 is 0 Å². The van der Waals surface area contributed by atoms with Crippen LogP contribution in [0, 0.1) is 0 Å². The summed E-state index contributed by atoms with van der Waals surface area (Å²) in [5.41, 5.74) is 3.09. The van der Waals surface area contributed by atoms with E-state index in [1.54, 1.807) is 23.5 Å². The number of hydrogen-bond acceptors (Lipinski definition) is 3. The topological polar surface area (TPSA) is 61.9 Å². The second-order valence-electron chi connectivity index (χ2n) is 4.80. The first-order chi connectivity index (χ1) is 10.3. The molecule has 3 rings (SSSR count). The summed E-state index contributed by atoms with van der Waals surface area (Å²) in [5, 5.41) is 0. The van der Waals surface area contributed by atoms with Crippen molar-refractivity contribution in [2.45, 2.75) is 13.5 Å². The van der Waals surface area contributed by atoms with Crippen molar-refractivity contribution in [1.82, 2.24) is 19.9 Å². The van der Waals surface area contributed by atoms with Gasteiger partial charge in [-0.05, 0) is 18.6 Å². The SMILES string of the molecule is CCN(Cc1ccccc1)C(=O)c1cnc2nc[nH]c2c1. The molecule has 106 valence electrons. The molecule has 1 aromatic carbocycles. The maximum atomic E-state index is 12.6. The van der Waals surface area contributed by atoms with Gasteiger partial charge in [0, 0.05) is 19.3 Å². The van der Waals surface area contributed by atoms with E-state index in [-0.39, 0.29) is 5.91 Å². The summed E-state index contributed by atoms with van der Waals surface area (Å²) >= 11 is 0. The molecule has 1 N–H and O–H groups in total. The predicted octanol–water partition coefficient (Wildman–Crippen LogP) is 2.62. The van der Waals surface area contributed by atoms with Crippen LogP contribution in [0.3, 0.4) is 0 Å². The number of aromatic amines is 1. The van der Waals surface area contributed by atoms with Gasteiger partial charge in [0.15, 0.2) is 5.65 Å². The molecule has 0 aliphatic rings. The summed E-state index contributed by atoms with van der Waals surface area (Å²) in [6.07, 6.45) is 3.16. The quantitative estimate of drug-likeness (QED) is 0.799. The van der Waals surface area contributed by atoms with Gasteiger partial charge in [-0.3, -0.25) is 4.79 Å². The summed E-state index contributed by atoms with van der Waals surface area (Å²) in [4.78, 5) is 25.6. The van der Waals surface area contributed by atoms with Gasteiger partial charge in [0.05, 0.1) is 17.4 Å². The van der Waals surface area contributed by atoms with Crippen molar-refractivity contribution in [2.75, 3.05) is 6.54 Å². The highest BCUT2D eigenvalue weighted by molar-refractivity contribution is 5.96. The van der Waals surface area contributed by atoms with Gasteiger partial charge in [-0.25, -0.2) is 9.97 Å². The largest absolute Gasteiger partial charge is 0.343 e. The number of carbonyl (C=O) groups excluding carboxylic acids is 1. The molecule has 0 unspecified atom stereocenters. The lowest BCUT2D eigenvalue weighted by atomic mass is 10.2. The Bertz CT molecular complexity index is 751. The van der Waals surface area contributed by atoms with E-state index in [0.29, 0.717) is 24.3 Å². The molecule has 2 heterocycles. The fourth-order valence-corrected chi connectivity index (χ4v) is 2.26. The Morgan fingerprint density at radius 1 is 1.24 bits per heavy atom. The molecular weight excluding hydrogens is 264 g/mol. The molecule has 21 heavy (non-hydrogen) atoms. The summed E-state index contributed by atoms with van der Waals surface area (Å²) in [5.74, 6) is -0.0228. The number of benzene rings is 1. The molecule has 5 heteroatoms. The number of fused-ring (bicyclic) bond motifs is 1. The van der Waals surface area contributed by atoms with Crippen LogP contribution in [0.25, 0.3) is 11.2 Å². The van der Waals surface area contributed by atoms with E-state index in [2.05, 4.69) is 15.0 Å². The Balaban J connectivity index is 1.84. The standard InChI is InChI=1S/C16H16N4O/c1-2-20(10-12-6-4-3-5-7-12)16(21)13-8-14-15(17-9-13)19-11-18-14/h3-9,11H,2,10H2,1H3,(H,17,18,19). The molecule has 0 aliphatic carbocycles. The average Bonchev–Trinajstić information content (AvgIpc) is 3.00. The van der Waals surface area contributed by atoms with E-state index in [4.69, 9.17) is 0 Å². The molecule has 0 spiro atoms. The van der Waals surface area contributed by atoms with Crippen molar-refractivity contribution >= 4 is 17.1 Å². The number of pyridine rings is 1. The molecule has 0 saturated carbocycles. The number of carbonyl (C=O) groups is 1. The molecular formula is C16H16N4O. The number of imidazole rings is 1. The lowest BCUT2D eigenvalue weighted by Crippen LogP contribution is -2.30. The Kier molecular flexibility index (Phi) is 3.64. The van der Waals surface area contributed by atoms with Crippen molar-refractivity contribution < 1.29 is 4.79 Å². The van der Waals surface area contributed by atoms with Gasteiger partial charge in [-0.15, -0.1) is 0 Å². The van der Waals surface area contributed by atoms with Gasteiger partial charge in [-0.2, -0.15) is 0 Å². The molecule has 0 atom stereocenters. The fraction of sp³-hybridized carbons (Fsp3) is 0.188. The van der Waals surface area contributed by atoms with Crippen LogP contribution in [0.5, 0.6) is 0 Å². The molecule has 0 radical (unpaired) electrons. The zero-order valence-electron chi connectivity index (χ0n) is 11.8. The minimum atomic E-state index is -0.0228. The normalized spacial score (nSPS) is 10.7. The number of nitrogens with zero attached hydrogens (tertiary/aromatic N) is 3. The van der Waals surface area contributed by atoms with Crippen molar-refractivity contribution in [1.29, 1.82) is 0 Å². The zero-order valence-corrected chi connectivity index (χ0v) is 11.8. The Morgan fingerprint density at radius 2 is 2.05 bits per heavy atom. The second kappa shape index (κ2) is 5.75. The van der Waals surface area contributed by atoms with E-state index < -0.39 is 0 Å². The molecule has 2 aromatic heterocycles. The average molecular weight is 280 g/mol. The number of amides is 1. The van der Waals surface area contributed by atoms with E-state index in [9.17, 15) is 4.79 Å². The molecule has 5 nitrogen and oxygen atoms in total. The summed E-state index contributed by atoms with van der Waals surface area (Å²) in [6, 6.07) is 11.8. The summed E-state index contributed by atoms with van der Waals surface area (Å²) in [7, 11) is 0. The highest BCUT2D eigenvalue weighted by Gasteiger charge is 2.15. The maximum Gasteiger partial charge on any atom is 0.255 e. The minimum absolute atomic E-state index is 0.0228. The second-order valence-corrected chi connectivity index (χ2v) is 4.80. The Hall–Kier alpha value is -2.69. The van der Waals surface area contributed by atoms with Crippen LogP contribution < -0.4 is 0 Å². The Morgan fingerprint density at radius 3 is 2.81 bits per heavy atom. The molecule has 0 saturated heterocycles. The first-order valence-electron chi connectivity index (χ1n) is 6.90. The van der Waals surface area contributed by atoms with E-state index in [0.717, 1.165) is 11.1 Å². The van der Waals surface area contributed by atoms with Crippen LogP contribution in [0.4, 0.5) is 0 Å². The van der Waals surface area contributed by atoms with Crippen LogP contribution in [-0.4, -0.2) is 32.3 Å². The Labute approximate surface area is 122 Å². The lowest BCUT2D eigenvalue weighted by Gasteiger charge is -2.21. The number of hydrogen-bond donors (Lipinski definition) is 1. The first kappa shape index (κ1) is 13.3. The highest BCUT2D eigenvalue weighted by atomic mass is 16.2. The number of H-pyrrole nitrogens is 1. The smallest absolute Gasteiger partial charge is 0.255 e. The van der Waals surface area contributed by atoms with Gasteiger partial charge in [0.1, 0.15) is 0 Å². The third-order valence-corrected chi connectivity index (χ3v) is 3.41. The van der Waals surface area contributed by atoms with Gasteiger partial charge in [-0.1, -0.05) is 30.3 Å².